The van der Waals surface area contributed by atoms with Gasteiger partial charge in [0.25, 0.3) is 0 Å². The molecular formula is C22H20ClN7O2S. The molecule has 0 saturated carbocycles. The zero-order chi connectivity index (χ0) is 23.5. The van der Waals surface area contributed by atoms with Crippen LogP contribution in [-0.4, -0.2) is 44.2 Å². The number of nitrogens with two attached hydrogens (primary N) is 1. The van der Waals surface area contributed by atoms with Crippen molar-refractivity contribution in [3.8, 4) is 5.69 Å². The number of aromatic nitrogens is 6. The number of aryl methyl sites for hydroxylation is 1. The largest absolute Gasteiger partial charge is 0.383 e. The number of nitrogen functional groups attached to an aromatic ring is 1. The van der Waals surface area contributed by atoms with Crippen LogP contribution in [0.25, 0.3) is 27.6 Å². The molecule has 1 atom stereocenters. The van der Waals surface area contributed by atoms with E-state index in [0.29, 0.717) is 27.6 Å². The fourth-order valence-corrected chi connectivity index (χ4v) is 4.80. The number of hydrogen-bond donors (Lipinski definition) is 1. The van der Waals surface area contributed by atoms with Gasteiger partial charge in [0, 0.05) is 16.7 Å². The highest BCUT2D eigenvalue weighted by Gasteiger charge is 2.23. The second-order valence-electron chi connectivity index (χ2n) is 7.89. The Morgan fingerprint density at radius 2 is 1.79 bits per heavy atom. The van der Waals surface area contributed by atoms with Crippen LogP contribution in [0.5, 0.6) is 0 Å². The first kappa shape index (κ1) is 21.4. The summed E-state index contributed by atoms with van der Waals surface area (Å²) in [6, 6.07) is 11.9. The Kier molecular flexibility index (Phi) is 4.87. The quantitative estimate of drug-likeness (QED) is 0.415. The third kappa shape index (κ3) is 3.51. The van der Waals surface area contributed by atoms with Gasteiger partial charge in [0.15, 0.2) is 15.5 Å². The molecule has 0 bridgehead atoms. The predicted molar refractivity (Wildman–Crippen MR) is 127 cm³/mol. The van der Waals surface area contributed by atoms with E-state index in [2.05, 4.69) is 15.1 Å². The predicted octanol–water partition coefficient (Wildman–Crippen LogP) is 3.72. The van der Waals surface area contributed by atoms with Crippen LogP contribution in [0.3, 0.4) is 0 Å². The normalized spacial score (nSPS) is 13.1. The average Bonchev–Trinajstić information content (AvgIpc) is 3.31. The highest BCUT2D eigenvalue weighted by atomic mass is 35.5. The molecule has 0 spiro atoms. The summed E-state index contributed by atoms with van der Waals surface area (Å²) < 4.78 is 27.2. The van der Waals surface area contributed by atoms with E-state index in [-0.39, 0.29) is 10.9 Å². The van der Waals surface area contributed by atoms with Crippen molar-refractivity contribution in [3.05, 3.63) is 65.2 Å². The third-order valence-corrected chi connectivity index (χ3v) is 7.00. The molecule has 168 valence electrons. The number of sulfone groups is 1. The van der Waals surface area contributed by atoms with Crippen LogP contribution in [0.1, 0.15) is 24.4 Å². The molecule has 2 aromatic carbocycles. The van der Waals surface area contributed by atoms with Gasteiger partial charge < -0.3 is 5.73 Å². The molecule has 11 heteroatoms. The Balaban J connectivity index is 1.70. The average molecular weight is 482 g/mol. The second kappa shape index (κ2) is 7.53. The maximum absolute atomic E-state index is 11.9. The summed E-state index contributed by atoms with van der Waals surface area (Å²) in [7, 11) is -3.30. The minimum Gasteiger partial charge on any atom is -0.383 e. The van der Waals surface area contributed by atoms with Crippen molar-refractivity contribution < 1.29 is 8.42 Å². The zero-order valence-corrected chi connectivity index (χ0v) is 19.6. The smallest absolute Gasteiger partial charge is 0.175 e. The summed E-state index contributed by atoms with van der Waals surface area (Å²) in [5, 5.41) is 11.7. The fourth-order valence-electron chi connectivity index (χ4n) is 4.01. The number of fused-ring (bicyclic) bond motifs is 2. The van der Waals surface area contributed by atoms with Crippen LogP contribution in [0.15, 0.2) is 53.7 Å². The van der Waals surface area contributed by atoms with Gasteiger partial charge in [-0.05, 0) is 56.3 Å². The fraction of sp³-hybridized carbons (Fsp3) is 0.182. The molecule has 0 aliphatic carbocycles. The van der Waals surface area contributed by atoms with E-state index in [1.54, 1.807) is 33.6 Å². The monoisotopic (exact) mass is 481 g/mol. The van der Waals surface area contributed by atoms with Gasteiger partial charge in [-0.3, -0.25) is 0 Å². The van der Waals surface area contributed by atoms with Crippen LogP contribution in [-0.2, 0) is 9.84 Å². The molecule has 3 aromatic heterocycles. The van der Waals surface area contributed by atoms with Gasteiger partial charge in [-0.2, -0.15) is 10.2 Å². The van der Waals surface area contributed by atoms with Gasteiger partial charge in [0.2, 0.25) is 0 Å². The van der Waals surface area contributed by atoms with Gasteiger partial charge in [-0.15, -0.1) is 0 Å². The Labute approximate surface area is 194 Å². The van der Waals surface area contributed by atoms with Crippen molar-refractivity contribution in [3.63, 3.8) is 0 Å². The molecule has 5 rings (SSSR count). The summed E-state index contributed by atoms with van der Waals surface area (Å²) in [6.07, 6.45) is 2.60. The molecule has 3 heterocycles. The minimum absolute atomic E-state index is 0.241. The van der Waals surface area contributed by atoms with Crippen molar-refractivity contribution in [1.29, 1.82) is 0 Å². The molecule has 0 amide bonds. The molecule has 0 radical (unpaired) electrons. The van der Waals surface area contributed by atoms with E-state index in [1.165, 1.54) is 12.6 Å². The second-order valence-corrected chi connectivity index (χ2v) is 10.3. The van der Waals surface area contributed by atoms with Crippen molar-refractivity contribution >= 4 is 49.2 Å². The molecule has 0 aliphatic rings. The maximum atomic E-state index is 11.9. The molecule has 0 aliphatic heterocycles. The Morgan fingerprint density at radius 3 is 2.48 bits per heavy atom. The SMILES string of the molecule is Cc1nn(C(C)c2nn(-c3ccc(S(C)(=O)=O)cc3)c3cc(Cl)ccc23)c2ncnc(N)c12. The first-order valence-electron chi connectivity index (χ1n) is 10.1. The topological polar surface area (TPSA) is 122 Å². The maximum Gasteiger partial charge on any atom is 0.175 e. The van der Waals surface area contributed by atoms with E-state index in [9.17, 15) is 8.42 Å². The number of rotatable bonds is 4. The van der Waals surface area contributed by atoms with E-state index < -0.39 is 9.84 Å². The zero-order valence-electron chi connectivity index (χ0n) is 18.1. The summed E-state index contributed by atoms with van der Waals surface area (Å²) >= 11 is 6.30. The highest BCUT2D eigenvalue weighted by molar-refractivity contribution is 7.90. The summed E-state index contributed by atoms with van der Waals surface area (Å²) in [5.74, 6) is 0.379. The van der Waals surface area contributed by atoms with Gasteiger partial charge in [-0.25, -0.2) is 27.7 Å². The van der Waals surface area contributed by atoms with Crippen LogP contribution >= 0.6 is 11.6 Å². The minimum atomic E-state index is -3.30. The van der Waals surface area contributed by atoms with E-state index in [0.717, 1.165) is 22.3 Å². The van der Waals surface area contributed by atoms with E-state index >= 15 is 0 Å². The highest BCUT2D eigenvalue weighted by Crippen LogP contribution is 2.32. The standard InChI is InChI=1S/C22H20ClN7O2S/c1-12-19-21(24)25-11-26-22(19)29(27-12)13(2)20-17-9-4-14(23)10-18(17)30(28-20)15-5-7-16(8-6-15)33(3,31)32/h4-11,13H,1-3H3,(H2,24,25,26). The lowest BCUT2D eigenvalue weighted by molar-refractivity contribution is 0.559. The van der Waals surface area contributed by atoms with Crippen LogP contribution in [0.4, 0.5) is 5.82 Å². The number of hydrogen-bond acceptors (Lipinski definition) is 7. The molecule has 0 fully saturated rings. The van der Waals surface area contributed by atoms with Crippen LogP contribution in [0.2, 0.25) is 5.02 Å². The molecule has 2 N–H and O–H groups in total. The van der Waals surface area contributed by atoms with Crippen molar-refractivity contribution in [2.45, 2.75) is 24.8 Å². The Bertz CT molecular complexity index is 1640. The first-order valence-corrected chi connectivity index (χ1v) is 12.4. The number of anilines is 1. The van der Waals surface area contributed by atoms with Gasteiger partial charge in [0.1, 0.15) is 12.1 Å². The number of halogens is 1. The first-order chi connectivity index (χ1) is 15.6. The molecule has 9 nitrogen and oxygen atoms in total. The van der Waals surface area contributed by atoms with E-state index in [4.69, 9.17) is 22.4 Å². The van der Waals surface area contributed by atoms with Gasteiger partial charge in [0.05, 0.1) is 38.9 Å². The third-order valence-electron chi connectivity index (χ3n) is 5.64. The van der Waals surface area contributed by atoms with Crippen molar-refractivity contribution in [1.82, 2.24) is 29.5 Å². The van der Waals surface area contributed by atoms with Crippen LogP contribution in [0, 0.1) is 6.92 Å². The van der Waals surface area contributed by atoms with E-state index in [1.807, 2.05) is 32.0 Å². The Hall–Kier alpha value is -3.50. The van der Waals surface area contributed by atoms with Crippen LogP contribution < -0.4 is 5.73 Å². The van der Waals surface area contributed by atoms with Crippen molar-refractivity contribution in [2.75, 3.05) is 12.0 Å². The summed E-state index contributed by atoms with van der Waals surface area (Å²) in [4.78, 5) is 8.72. The molecule has 33 heavy (non-hydrogen) atoms. The molecule has 0 saturated heterocycles. The Morgan fingerprint density at radius 1 is 1.06 bits per heavy atom. The lowest BCUT2D eigenvalue weighted by Gasteiger charge is -2.11. The summed E-state index contributed by atoms with van der Waals surface area (Å²) in [6.45, 7) is 3.85. The lowest BCUT2D eigenvalue weighted by atomic mass is 10.1. The van der Waals surface area contributed by atoms with Gasteiger partial charge in [-0.1, -0.05) is 11.6 Å². The molecule has 1 unspecified atom stereocenters. The summed E-state index contributed by atoms with van der Waals surface area (Å²) in [5.41, 5.74) is 9.68. The molecule has 5 aromatic rings. The number of nitrogens with zero attached hydrogens (tertiary/aromatic N) is 6. The lowest BCUT2D eigenvalue weighted by Crippen LogP contribution is -2.11. The van der Waals surface area contributed by atoms with Crippen molar-refractivity contribution in [2.24, 2.45) is 0 Å². The molecular weight excluding hydrogens is 462 g/mol. The number of benzene rings is 2. The van der Waals surface area contributed by atoms with Gasteiger partial charge >= 0.3 is 0 Å².